The summed E-state index contributed by atoms with van der Waals surface area (Å²) in [7, 11) is 2.32. The average Bonchev–Trinajstić information content (AvgIpc) is 3.42. The van der Waals surface area contributed by atoms with Gasteiger partial charge in [-0.2, -0.15) is 0 Å². The molecule has 226 valence electrons. The highest BCUT2D eigenvalue weighted by atomic mass is 15.4. The lowest BCUT2D eigenvalue weighted by Crippen LogP contribution is -2.31. The van der Waals surface area contributed by atoms with E-state index in [0.717, 1.165) is 18.5 Å². The van der Waals surface area contributed by atoms with E-state index >= 15 is 0 Å². The number of nitrogens with zero attached hydrogens (tertiary/aromatic N) is 2. The average molecular weight is 614 g/mol. The third-order valence-corrected chi connectivity index (χ3v) is 10.9. The number of hydrogen-bond donors (Lipinski definition) is 0. The molecule has 0 fully saturated rings. The van der Waals surface area contributed by atoms with Gasteiger partial charge in [0.2, 0.25) is 0 Å². The van der Waals surface area contributed by atoms with Crippen LogP contribution in [-0.2, 0) is 12.8 Å². The molecule has 8 aromatic rings. The zero-order chi connectivity index (χ0) is 31.8. The summed E-state index contributed by atoms with van der Waals surface area (Å²) in [6.45, 7) is 0. The Morgan fingerprint density at radius 2 is 1.23 bits per heavy atom. The van der Waals surface area contributed by atoms with E-state index in [1.54, 1.807) is 0 Å². The van der Waals surface area contributed by atoms with Gasteiger partial charge in [-0.15, -0.1) is 0 Å². The fraction of sp³-hybridized carbons (Fsp3) is 0.0652. The number of pyridine rings is 1. The molecule has 48 heavy (non-hydrogen) atoms. The van der Waals surface area contributed by atoms with E-state index in [1.165, 1.54) is 88.7 Å². The Morgan fingerprint density at radius 3 is 2.08 bits per heavy atom. The van der Waals surface area contributed by atoms with Crippen LogP contribution in [0, 0.1) is 0 Å². The molecule has 10 rings (SSSR count). The van der Waals surface area contributed by atoms with Gasteiger partial charge in [-0.25, -0.2) is 4.48 Å². The van der Waals surface area contributed by atoms with Gasteiger partial charge in [0.15, 0.2) is 11.4 Å². The Morgan fingerprint density at radius 1 is 0.500 bits per heavy atom. The van der Waals surface area contributed by atoms with Crippen LogP contribution in [0.15, 0.2) is 158 Å². The zero-order valence-electron chi connectivity index (χ0n) is 26.8. The molecule has 2 nitrogen and oxygen atoms in total. The molecule has 1 aliphatic carbocycles. The van der Waals surface area contributed by atoms with Crippen LogP contribution in [0.1, 0.15) is 11.1 Å². The molecule has 0 N–H and O–H groups in total. The van der Waals surface area contributed by atoms with Crippen LogP contribution < -0.4 is 4.48 Å². The van der Waals surface area contributed by atoms with Crippen LogP contribution in [0.4, 0.5) is 17.1 Å². The second kappa shape index (κ2) is 10.3. The molecule has 1 atom stereocenters. The fourth-order valence-electron chi connectivity index (χ4n) is 8.54. The molecule has 0 amide bonds. The van der Waals surface area contributed by atoms with Crippen molar-refractivity contribution in [2.24, 2.45) is 0 Å². The molecule has 2 heteroatoms. The maximum atomic E-state index is 4.70. The lowest BCUT2D eigenvalue weighted by atomic mass is 9.81. The molecule has 0 bridgehead atoms. The topological polar surface area (TPSA) is 12.9 Å². The van der Waals surface area contributed by atoms with E-state index in [1.807, 2.05) is 12.3 Å². The Hall–Kier alpha value is -5.83. The summed E-state index contributed by atoms with van der Waals surface area (Å²) in [4.78, 5) is 4.70. The van der Waals surface area contributed by atoms with Crippen molar-refractivity contribution in [3.8, 4) is 44.6 Å². The SMILES string of the molecule is C[N+]1(c2ccccc2)c2ccccc2-c2cc(-c3ccc(-c4ccc5ccc6c(-c7ccccn7)ccc7c6c5c4CC7)cc3)ccc21. The number of para-hydroxylation sites is 2. The summed E-state index contributed by atoms with van der Waals surface area (Å²) in [5, 5.41) is 5.42. The maximum absolute atomic E-state index is 4.70. The summed E-state index contributed by atoms with van der Waals surface area (Å²) in [5.74, 6) is 0. The zero-order valence-corrected chi connectivity index (χ0v) is 26.8. The number of rotatable bonds is 4. The number of quaternary nitrogens is 1. The number of aromatic nitrogens is 1. The highest BCUT2D eigenvalue weighted by molar-refractivity contribution is 6.16. The standard InChI is InChI=1S/C46H33N2/c1-48(35-9-3-2-4-10-35)43-13-6-5-11-38(43)41-29-34(22-27-44(41)48)30-14-16-31(17-15-30)36-23-18-32-21-26-40-37(42-12-7-8-28-47-42)24-19-33-20-25-39(36)45(32)46(33)40/h2-19,21-24,26-29H,20,25H2,1H3/q+1. The first kappa shape index (κ1) is 27.3. The van der Waals surface area contributed by atoms with Crippen molar-refractivity contribution in [2.45, 2.75) is 12.8 Å². The minimum Gasteiger partial charge on any atom is -0.256 e. The molecule has 0 saturated heterocycles. The van der Waals surface area contributed by atoms with Crippen LogP contribution in [0.3, 0.4) is 0 Å². The molecule has 1 aliphatic heterocycles. The Kier molecular flexibility index (Phi) is 5.88. The van der Waals surface area contributed by atoms with Gasteiger partial charge in [-0.05, 0) is 110 Å². The molecular weight excluding hydrogens is 581 g/mol. The van der Waals surface area contributed by atoms with Gasteiger partial charge in [-0.3, -0.25) is 4.98 Å². The van der Waals surface area contributed by atoms with E-state index in [-0.39, 0.29) is 0 Å². The number of fused-ring (bicyclic) bond motifs is 3. The summed E-state index contributed by atoms with van der Waals surface area (Å²) in [6.07, 6.45) is 3.99. The van der Waals surface area contributed by atoms with Gasteiger partial charge in [-0.1, -0.05) is 97.1 Å². The largest absolute Gasteiger partial charge is 0.256 e. The van der Waals surface area contributed by atoms with Gasteiger partial charge in [0.05, 0.1) is 18.3 Å². The molecule has 1 unspecified atom stereocenters. The Labute approximate surface area is 280 Å². The van der Waals surface area contributed by atoms with Crippen molar-refractivity contribution < 1.29 is 0 Å². The lowest BCUT2D eigenvalue weighted by molar-refractivity contribution is 0.642. The van der Waals surface area contributed by atoms with E-state index < -0.39 is 0 Å². The highest BCUT2D eigenvalue weighted by Gasteiger charge is 2.42. The minimum atomic E-state index is 0.677. The van der Waals surface area contributed by atoms with E-state index in [0.29, 0.717) is 4.48 Å². The van der Waals surface area contributed by atoms with Gasteiger partial charge in [0.1, 0.15) is 5.69 Å². The summed E-state index contributed by atoms with van der Waals surface area (Å²) in [6, 6.07) is 56.0. The maximum Gasteiger partial charge on any atom is 0.151 e. The first-order chi connectivity index (χ1) is 23.7. The van der Waals surface area contributed by atoms with Gasteiger partial charge in [0.25, 0.3) is 0 Å². The fourth-order valence-corrected chi connectivity index (χ4v) is 8.54. The molecule has 1 aromatic heterocycles. The third-order valence-electron chi connectivity index (χ3n) is 10.9. The number of aryl methyl sites for hydroxylation is 2. The predicted molar refractivity (Wildman–Crippen MR) is 202 cm³/mol. The first-order valence-electron chi connectivity index (χ1n) is 16.9. The van der Waals surface area contributed by atoms with Gasteiger partial charge >= 0.3 is 0 Å². The van der Waals surface area contributed by atoms with E-state index in [9.17, 15) is 0 Å². The number of benzene rings is 7. The molecule has 0 saturated carbocycles. The smallest absolute Gasteiger partial charge is 0.151 e. The first-order valence-corrected chi connectivity index (χ1v) is 16.9. The van der Waals surface area contributed by atoms with Crippen molar-refractivity contribution >= 4 is 38.6 Å². The molecule has 2 heterocycles. The van der Waals surface area contributed by atoms with Crippen LogP contribution in [0.25, 0.3) is 66.2 Å². The Balaban J connectivity index is 1.07. The minimum absolute atomic E-state index is 0.677. The second-order valence-electron chi connectivity index (χ2n) is 13.3. The van der Waals surface area contributed by atoms with Gasteiger partial charge in [0, 0.05) is 29.5 Å². The van der Waals surface area contributed by atoms with Crippen molar-refractivity contribution in [1.82, 2.24) is 9.47 Å². The molecule has 7 aromatic carbocycles. The molecular formula is C46H33N2+. The second-order valence-corrected chi connectivity index (χ2v) is 13.3. The molecule has 0 spiro atoms. The number of hydrogen-bond acceptors (Lipinski definition) is 1. The predicted octanol–water partition coefficient (Wildman–Crippen LogP) is 12.1. The van der Waals surface area contributed by atoms with Crippen LogP contribution >= 0.6 is 0 Å². The van der Waals surface area contributed by atoms with E-state index in [4.69, 9.17) is 4.98 Å². The Bertz CT molecular complexity index is 2550. The van der Waals surface area contributed by atoms with E-state index in [2.05, 4.69) is 153 Å². The summed E-state index contributed by atoms with van der Waals surface area (Å²) < 4.78 is 0.677. The van der Waals surface area contributed by atoms with Crippen molar-refractivity contribution in [3.63, 3.8) is 0 Å². The van der Waals surface area contributed by atoms with Crippen LogP contribution in [0.5, 0.6) is 0 Å². The van der Waals surface area contributed by atoms with Crippen LogP contribution in [-0.4, -0.2) is 12.0 Å². The summed E-state index contributed by atoms with van der Waals surface area (Å²) in [5.41, 5.74) is 16.8. The van der Waals surface area contributed by atoms with Crippen molar-refractivity contribution in [2.75, 3.05) is 7.05 Å². The highest BCUT2D eigenvalue weighted by Crippen LogP contribution is 2.56. The van der Waals surface area contributed by atoms with Crippen LogP contribution in [0.2, 0.25) is 0 Å². The molecule has 0 radical (unpaired) electrons. The third kappa shape index (κ3) is 3.87. The molecule has 2 aliphatic rings. The summed E-state index contributed by atoms with van der Waals surface area (Å²) >= 11 is 0. The quantitative estimate of drug-likeness (QED) is 0.142. The lowest BCUT2D eigenvalue weighted by Gasteiger charge is -2.30. The monoisotopic (exact) mass is 613 g/mol. The van der Waals surface area contributed by atoms with Gasteiger partial charge < -0.3 is 0 Å². The van der Waals surface area contributed by atoms with Crippen molar-refractivity contribution in [3.05, 3.63) is 169 Å². The van der Waals surface area contributed by atoms with Crippen molar-refractivity contribution in [1.29, 1.82) is 0 Å². The normalized spacial score (nSPS) is 15.9.